The molecule has 88 valence electrons. The lowest BCUT2D eigenvalue weighted by Gasteiger charge is -2.22. The molecule has 0 spiro atoms. The molecule has 0 aromatic carbocycles. The minimum absolute atomic E-state index is 0.0916. The Morgan fingerprint density at radius 2 is 1.73 bits per heavy atom. The third-order valence-corrected chi connectivity index (χ3v) is 1.81. The maximum Gasteiger partial charge on any atom is 0.244 e. The second-order valence-electron chi connectivity index (χ2n) is 5.12. The number of carbonyl (C=O) groups excluding carboxylic acids is 1. The maximum absolute atomic E-state index is 11.6. The van der Waals surface area contributed by atoms with Crippen LogP contribution in [0.15, 0.2) is 4.99 Å². The Morgan fingerprint density at radius 3 is 2.07 bits per heavy atom. The number of hydrogen-bond donors (Lipinski definition) is 2. The van der Waals surface area contributed by atoms with Gasteiger partial charge in [0.25, 0.3) is 0 Å². The predicted octanol–water partition coefficient (Wildman–Crippen LogP) is 1.30. The number of nitrogens with two attached hydrogens (primary N) is 1. The summed E-state index contributed by atoms with van der Waals surface area (Å²) in [7, 11) is 0. The van der Waals surface area contributed by atoms with Crippen LogP contribution in [0.25, 0.3) is 0 Å². The van der Waals surface area contributed by atoms with Crippen LogP contribution in [0.2, 0.25) is 0 Å². The van der Waals surface area contributed by atoms with Gasteiger partial charge in [-0.15, -0.1) is 0 Å². The molecule has 0 fully saturated rings. The van der Waals surface area contributed by atoms with Crippen molar-refractivity contribution in [2.75, 3.05) is 0 Å². The van der Waals surface area contributed by atoms with Crippen LogP contribution in [0, 0.1) is 5.92 Å². The van der Waals surface area contributed by atoms with E-state index in [9.17, 15) is 4.79 Å². The Bertz CT molecular complexity index is 251. The molecule has 0 aliphatic carbocycles. The minimum Gasteiger partial charge on any atom is -0.387 e. The molecule has 0 heterocycles. The molecule has 15 heavy (non-hydrogen) atoms. The highest BCUT2D eigenvalue weighted by Crippen LogP contribution is 2.02. The summed E-state index contributed by atoms with van der Waals surface area (Å²) in [5.41, 5.74) is 5.46. The maximum atomic E-state index is 11.6. The number of nitrogens with one attached hydrogen (secondary N) is 1. The summed E-state index contributed by atoms with van der Waals surface area (Å²) in [4.78, 5) is 15.8. The van der Waals surface area contributed by atoms with Crippen LogP contribution in [0.1, 0.15) is 41.5 Å². The van der Waals surface area contributed by atoms with E-state index in [2.05, 4.69) is 10.3 Å². The first kappa shape index (κ1) is 13.9. The number of aliphatic imine (C=N–C) groups is 1. The molecule has 0 bridgehead atoms. The molecule has 4 nitrogen and oxygen atoms in total. The average Bonchev–Trinajstić information content (AvgIpc) is 2.00. The molecule has 1 amide bonds. The summed E-state index contributed by atoms with van der Waals surface area (Å²) in [5, 5.41) is 2.86. The fraction of sp³-hybridized carbons (Fsp3) is 0.818. The smallest absolute Gasteiger partial charge is 0.244 e. The van der Waals surface area contributed by atoms with E-state index in [0.717, 1.165) is 0 Å². The van der Waals surface area contributed by atoms with Gasteiger partial charge in [-0.3, -0.25) is 9.79 Å². The highest BCUT2D eigenvalue weighted by molar-refractivity contribution is 5.88. The van der Waals surface area contributed by atoms with Crippen molar-refractivity contribution in [3.05, 3.63) is 0 Å². The summed E-state index contributed by atoms with van der Waals surface area (Å²) < 4.78 is 0. The van der Waals surface area contributed by atoms with Gasteiger partial charge in [-0.1, -0.05) is 13.8 Å². The van der Waals surface area contributed by atoms with Gasteiger partial charge in [0.05, 0.1) is 5.84 Å². The zero-order valence-electron chi connectivity index (χ0n) is 10.6. The van der Waals surface area contributed by atoms with E-state index in [1.54, 1.807) is 6.92 Å². The molecule has 0 aromatic heterocycles. The van der Waals surface area contributed by atoms with Crippen LogP contribution in [0.4, 0.5) is 0 Å². The monoisotopic (exact) mass is 213 g/mol. The van der Waals surface area contributed by atoms with Crippen molar-refractivity contribution in [1.82, 2.24) is 5.32 Å². The summed E-state index contributed by atoms with van der Waals surface area (Å²) in [6.45, 7) is 11.5. The second kappa shape index (κ2) is 5.14. The molecule has 0 aromatic rings. The number of rotatable bonds is 3. The lowest BCUT2D eigenvalue weighted by Crippen LogP contribution is -2.45. The normalized spacial score (nSPS) is 15.3. The summed E-state index contributed by atoms with van der Waals surface area (Å²) in [6.07, 6.45) is 0. The number of amides is 1. The Hall–Kier alpha value is -1.06. The van der Waals surface area contributed by atoms with Crippen LogP contribution in [-0.4, -0.2) is 23.3 Å². The molecule has 0 radical (unpaired) electrons. The van der Waals surface area contributed by atoms with Crippen molar-refractivity contribution < 1.29 is 4.79 Å². The Morgan fingerprint density at radius 1 is 1.27 bits per heavy atom. The molecular formula is C11H23N3O. The molecule has 1 atom stereocenters. The van der Waals surface area contributed by atoms with Crippen LogP contribution in [0.3, 0.4) is 0 Å². The molecular weight excluding hydrogens is 190 g/mol. The van der Waals surface area contributed by atoms with Crippen LogP contribution < -0.4 is 11.1 Å². The van der Waals surface area contributed by atoms with Crippen molar-refractivity contribution in [1.29, 1.82) is 0 Å². The van der Waals surface area contributed by atoms with Gasteiger partial charge < -0.3 is 11.1 Å². The minimum atomic E-state index is -0.424. The molecule has 0 aliphatic heterocycles. The highest BCUT2D eigenvalue weighted by atomic mass is 16.2. The first-order valence-corrected chi connectivity index (χ1v) is 5.28. The zero-order chi connectivity index (χ0) is 12.2. The molecule has 0 rings (SSSR count). The van der Waals surface area contributed by atoms with Crippen molar-refractivity contribution in [2.24, 2.45) is 16.6 Å². The van der Waals surface area contributed by atoms with Crippen molar-refractivity contribution in [3.63, 3.8) is 0 Å². The van der Waals surface area contributed by atoms with Crippen molar-refractivity contribution >= 4 is 11.7 Å². The quantitative estimate of drug-likeness (QED) is 0.548. The summed E-state index contributed by atoms with van der Waals surface area (Å²) in [5.74, 6) is 0.604. The zero-order valence-corrected chi connectivity index (χ0v) is 10.6. The number of amidine groups is 1. The third kappa shape index (κ3) is 6.10. The van der Waals surface area contributed by atoms with Gasteiger partial charge in [0.2, 0.25) is 5.91 Å². The lowest BCUT2D eigenvalue weighted by atomic mass is 10.1. The van der Waals surface area contributed by atoms with E-state index >= 15 is 0 Å². The van der Waals surface area contributed by atoms with Gasteiger partial charge in [0.1, 0.15) is 6.04 Å². The average molecular weight is 213 g/mol. The Balaban J connectivity index is 4.41. The van der Waals surface area contributed by atoms with E-state index in [0.29, 0.717) is 5.84 Å². The molecule has 0 aliphatic rings. The van der Waals surface area contributed by atoms with Crippen LogP contribution >= 0.6 is 0 Å². The third-order valence-electron chi connectivity index (χ3n) is 1.81. The van der Waals surface area contributed by atoms with Crippen LogP contribution in [0.5, 0.6) is 0 Å². The molecule has 3 N–H and O–H groups in total. The highest BCUT2D eigenvalue weighted by Gasteiger charge is 2.18. The SMILES string of the molecule is CC(C)C(N)=NC(C)C(=O)NC(C)(C)C. The van der Waals surface area contributed by atoms with E-state index in [-0.39, 0.29) is 17.4 Å². The van der Waals surface area contributed by atoms with Gasteiger partial charge in [-0.2, -0.15) is 0 Å². The standard InChI is InChI=1S/C11H23N3O/c1-7(2)9(12)13-8(3)10(15)14-11(4,5)6/h7-8H,1-6H3,(H2,12,13)(H,14,15). The number of hydrogen-bond acceptors (Lipinski definition) is 2. The topological polar surface area (TPSA) is 67.5 Å². The van der Waals surface area contributed by atoms with E-state index in [4.69, 9.17) is 5.73 Å². The first-order chi connectivity index (χ1) is 6.63. The van der Waals surface area contributed by atoms with Gasteiger partial charge in [-0.25, -0.2) is 0 Å². The molecule has 1 unspecified atom stereocenters. The first-order valence-electron chi connectivity index (χ1n) is 5.28. The molecule has 4 heteroatoms. The number of nitrogens with zero attached hydrogens (tertiary/aromatic N) is 1. The van der Waals surface area contributed by atoms with Crippen molar-refractivity contribution in [2.45, 2.75) is 53.1 Å². The van der Waals surface area contributed by atoms with Crippen LogP contribution in [-0.2, 0) is 4.79 Å². The predicted molar refractivity (Wildman–Crippen MR) is 63.8 cm³/mol. The summed E-state index contributed by atoms with van der Waals surface area (Å²) in [6, 6.07) is -0.424. The molecule has 0 saturated heterocycles. The van der Waals surface area contributed by atoms with Gasteiger partial charge in [0, 0.05) is 11.5 Å². The van der Waals surface area contributed by atoms with Gasteiger partial charge >= 0.3 is 0 Å². The van der Waals surface area contributed by atoms with Gasteiger partial charge in [0.15, 0.2) is 0 Å². The van der Waals surface area contributed by atoms with E-state index in [1.807, 2.05) is 34.6 Å². The van der Waals surface area contributed by atoms with E-state index in [1.165, 1.54) is 0 Å². The molecule has 0 saturated carbocycles. The second-order valence-corrected chi connectivity index (χ2v) is 5.12. The largest absolute Gasteiger partial charge is 0.387 e. The fourth-order valence-electron chi connectivity index (χ4n) is 0.905. The number of carbonyl (C=O) groups is 1. The Kier molecular flexibility index (Phi) is 4.78. The fourth-order valence-corrected chi connectivity index (χ4v) is 0.905. The summed E-state index contributed by atoms with van der Waals surface area (Å²) >= 11 is 0. The Labute approximate surface area is 92.3 Å². The van der Waals surface area contributed by atoms with Gasteiger partial charge in [-0.05, 0) is 27.7 Å². The van der Waals surface area contributed by atoms with E-state index < -0.39 is 6.04 Å². The lowest BCUT2D eigenvalue weighted by molar-refractivity contribution is -0.123. The van der Waals surface area contributed by atoms with Crippen molar-refractivity contribution in [3.8, 4) is 0 Å².